The highest BCUT2D eigenvalue weighted by molar-refractivity contribution is 8.00. The largest absolute Gasteiger partial charge is 0.480 e. The molecule has 0 aliphatic heterocycles. The molecule has 4 heteroatoms. The maximum Gasteiger partial charge on any atom is 0.323 e. The van der Waals surface area contributed by atoms with E-state index in [2.05, 4.69) is 31.3 Å². The Labute approximate surface area is 119 Å². The van der Waals surface area contributed by atoms with E-state index in [0.29, 0.717) is 13.0 Å². The van der Waals surface area contributed by atoms with E-state index >= 15 is 0 Å². The number of rotatable bonds is 7. The summed E-state index contributed by atoms with van der Waals surface area (Å²) in [5.41, 5.74) is 0.379. The zero-order valence-corrected chi connectivity index (χ0v) is 12.9. The smallest absolute Gasteiger partial charge is 0.323 e. The molecule has 1 aromatic carbocycles. The van der Waals surface area contributed by atoms with Crippen LogP contribution in [0.5, 0.6) is 0 Å². The molecule has 0 spiro atoms. The Kier molecular flexibility index (Phi) is 5.88. The first kappa shape index (κ1) is 16.1. The lowest BCUT2D eigenvalue weighted by atomic mass is 9.96. The highest BCUT2D eigenvalue weighted by Gasteiger charge is 2.33. The van der Waals surface area contributed by atoms with Gasteiger partial charge in [0.1, 0.15) is 5.54 Å². The average Bonchev–Trinajstić information content (AvgIpc) is 2.32. The molecule has 0 aliphatic rings. The Morgan fingerprint density at radius 1 is 1.47 bits per heavy atom. The van der Waals surface area contributed by atoms with Crippen LogP contribution in [-0.2, 0) is 4.79 Å². The van der Waals surface area contributed by atoms with Gasteiger partial charge in [0.15, 0.2) is 0 Å². The van der Waals surface area contributed by atoms with Crippen LogP contribution in [0.25, 0.3) is 0 Å². The van der Waals surface area contributed by atoms with E-state index < -0.39 is 11.5 Å². The van der Waals surface area contributed by atoms with Gasteiger partial charge < -0.3 is 10.4 Å². The summed E-state index contributed by atoms with van der Waals surface area (Å²) in [4.78, 5) is 12.6. The molecule has 2 unspecified atom stereocenters. The summed E-state index contributed by atoms with van der Waals surface area (Å²) in [6, 6.07) is 8.20. The third-order valence-electron chi connectivity index (χ3n) is 3.16. The van der Waals surface area contributed by atoms with Gasteiger partial charge >= 0.3 is 5.97 Å². The van der Waals surface area contributed by atoms with Crippen molar-refractivity contribution in [3.05, 3.63) is 29.8 Å². The fourth-order valence-electron chi connectivity index (χ4n) is 2.15. The first-order chi connectivity index (χ1) is 8.89. The molecular formula is C15H23NO2S. The molecule has 1 rings (SSSR count). The van der Waals surface area contributed by atoms with Crippen LogP contribution < -0.4 is 5.32 Å². The van der Waals surface area contributed by atoms with Crippen molar-refractivity contribution in [3.8, 4) is 0 Å². The lowest BCUT2D eigenvalue weighted by molar-refractivity contribution is -0.144. The molecule has 19 heavy (non-hydrogen) atoms. The minimum atomic E-state index is -0.857. The highest BCUT2D eigenvalue weighted by atomic mass is 32.2. The Bertz CT molecular complexity index is 436. The molecule has 0 aliphatic carbocycles. The van der Waals surface area contributed by atoms with E-state index in [4.69, 9.17) is 0 Å². The number of carboxylic acids is 1. The number of hydrogen-bond donors (Lipinski definition) is 2. The van der Waals surface area contributed by atoms with Crippen molar-refractivity contribution in [3.63, 3.8) is 0 Å². The molecule has 2 N–H and O–H groups in total. The molecule has 0 radical (unpaired) electrons. The number of aliphatic carboxylic acids is 1. The van der Waals surface area contributed by atoms with E-state index in [1.807, 2.05) is 19.1 Å². The van der Waals surface area contributed by atoms with Gasteiger partial charge in [-0.1, -0.05) is 32.0 Å². The Morgan fingerprint density at radius 2 is 2.11 bits per heavy atom. The molecule has 0 saturated heterocycles. The number of benzene rings is 1. The van der Waals surface area contributed by atoms with Crippen LogP contribution in [0, 0.1) is 6.92 Å². The van der Waals surface area contributed by atoms with Crippen molar-refractivity contribution < 1.29 is 9.90 Å². The van der Waals surface area contributed by atoms with Crippen molar-refractivity contribution in [1.82, 2.24) is 5.32 Å². The topological polar surface area (TPSA) is 49.3 Å². The summed E-state index contributed by atoms with van der Waals surface area (Å²) in [5.74, 6) is -0.786. The summed E-state index contributed by atoms with van der Waals surface area (Å²) in [6.07, 6.45) is 0.592. The van der Waals surface area contributed by atoms with Crippen molar-refractivity contribution >= 4 is 17.7 Å². The third-order valence-corrected chi connectivity index (χ3v) is 4.44. The molecule has 0 bridgehead atoms. The van der Waals surface area contributed by atoms with Crippen LogP contribution in [0.1, 0.15) is 32.8 Å². The van der Waals surface area contributed by atoms with Crippen molar-refractivity contribution in [2.45, 2.75) is 49.8 Å². The molecule has 0 fully saturated rings. The standard InChI is InChI=1S/C15H23NO2S/c1-5-16-15(4,14(17)18)10-12(3)19-13-9-7-6-8-11(13)2/h6-9,12,16H,5,10H2,1-4H3,(H,17,18). The lowest BCUT2D eigenvalue weighted by Gasteiger charge is -2.28. The first-order valence-electron chi connectivity index (χ1n) is 6.59. The zero-order valence-electron chi connectivity index (χ0n) is 12.1. The number of hydrogen-bond acceptors (Lipinski definition) is 3. The van der Waals surface area contributed by atoms with Gasteiger partial charge in [0.05, 0.1) is 0 Å². The maximum atomic E-state index is 11.4. The molecule has 0 heterocycles. The van der Waals surface area contributed by atoms with E-state index in [1.165, 1.54) is 10.5 Å². The van der Waals surface area contributed by atoms with Crippen LogP contribution in [0.4, 0.5) is 0 Å². The van der Waals surface area contributed by atoms with Gasteiger partial charge in [-0.25, -0.2) is 0 Å². The fraction of sp³-hybridized carbons (Fsp3) is 0.533. The molecule has 0 aromatic heterocycles. The Morgan fingerprint density at radius 3 is 2.63 bits per heavy atom. The number of carboxylic acid groups (broad SMARTS) is 1. The van der Waals surface area contributed by atoms with Crippen LogP contribution in [-0.4, -0.2) is 28.4 Å². The number of aryl methyl sites for hydroxylation is 1. The summed E-state index contributed by atoms with van der Waals surface area (Å²) in [5, 5.41) is 12.7. The third kappa shape index (κ3) is 4.55. The molecule has 3 nitrogen and oxygen atoms in total. The van der Waals surface area contributed by atoms with Crippen molar-refractivity contribution in [2.75, 3.05) is 6.54 Å². The second-order valence-electron chi connectivity index (χ2n) is 5.07. The molecule has 0 saturated carbocycles. The summed E-state index contributed by atoms with van der Waals surface area (Å²) in [6.45, 7) is 8.50. The van der Waals surface area contributed by atoms with E-state index in [0.717, 1.165) is 0 Å². The summed E-state index contributed by atoms with van der Waals surface area (Å²) in [7, 11) is 0. The van der Waals surface area contributed by atoms with Crippen LogP contribution >= 0.6 is 11.8 Å². The minimum absolute atomic E-state index is 0.237. The van der Waals surface area contributed by atoms with Gasteiger partial charge in [-0.05, 0) is 38.4 Å². The number of thioether (sulfide) groups is 1. The van der Waals surface area contributed by atoms with Crippen LogP contribution in [0.3, 0.4) is 0 Å². The summed E-state index contributed by atoms with van der Waals surface area (Å²) >= 11 is 1.74. The van der Waals surface area contributed by atoms with Gasteiger partial charge in [0.25, 0.3) is 0 Å². The lowest BCUT2D eigenvalue weighted by Crippen LogP contribution is -2.50. The molecule has 1 aromatic rings. The van der Waals surface area contributed by atoms with E-state index in [1.54, 1.807) is 18.7 Å². The Balaban J connectivity index is 2.71. The van der Waals surface area contributed by atoms with Crippen molar-refractivity contribution in [1.29, 1.82) is 0 Å². The van der Waals surface area contributed by atoms with Crippen molar-refractivity contribution in [2.24, 2.45) is 0 Å². The van der Waals surface area contributed by atoms with E-state index in [-0.39, 0.29) is 5.25 Å². The molecule has 0 amide bonds. The summed E-state index contributed by atoms with van der Waals surface area (Å²) < 4.78 is 0. The highest BCUT2D eigenvalue weighted by Crippen LogP contribution is 2.30. The normalized spacial score (nSPS) is 15.8. The van der Waals surface area contributed by atoms with E-state index in [9.17, 15) is 9.90 Å². The average molecular weight is 281 g/mol. The molecule has 106 valence electrons. The minimum Gasteiger partial charge on any atom is -0.480 e. The molecular weight excluding hydrogens is 258 g/mol. The van der Waals surface area contributed by atoms with Gasteiger partial charge in [-0.15, -0.1) is 11.8 Å². The quantitative estimate of drug-likeness (QED) is 0.753. The van der Waals surface area contributed by atoms with Crippen LogP contribution in [0.2, 0.25) is 0 Å². The fourth-order valence-corrected chi connectivity index (χ4v) is 3.41. The molecule has 2 atom stereocenters. The zero-order chi connectivity index (χ0) is 14.5. The van der Waals surface area contributed by atoms with Gasteiger partial charge in [-0.2, -0.15) is 0 Å². The van der Waals surface area contributed by atoms with Gasteiger partial charge in [0.2, 0.25) is 0 Å². The maximum absolute atomic E-state index is 11.4. The SMILES string of the molecule is CCNC(C)(CC(C)Sc1ccccc1C)C(=O)O. The number of nitrogens with one attached hydrogen (secondary N) is 1. The Hall–Kier alpha value is -1.00. The second-order valence-corrected chi connectivity index (χ2v) is 6.55. The number of carbonyl (C=O) groups is 1. The monoisotopic (exact) mass is 281 g/mol. The second kappa shape index (κ2) is 6.96. The predicted molar refractivity (Wildman–Crippen MR) is 80.8 cm³/mol. The predicted octanol–water partition coefficient (Wildman–Crippen LogP) is 3.32. The first-order valence-corrected chi connectivity index (χ1v) is 7.47. The van der Waals surface area contributed by atoms with Gasteiger partial charge in [0, 0.05) is 10.1 Å². The van der Waals surface area contributed by atoms with Gasteiger partial charge in [-0.3, -0.25) is 4.79 Å². The van der Waals surface area contributed by atoms with Crippen LogP contribution in [0.15, 0.2) is 29.2 Å². The number of likely N-dealkylation sites (N-methyl/N-ethyl adjacent to an activating group) is 1.